The second kappa shape index (κ2) is 4.46. The van der Waals surface area contributed by atoms with Gasteiger partial charge in [-0.3, -0.25) is 4.79 Å². The van der Waals surface area contributed by atoms with Gasteiger partial charge in [-0.1, -0.05) is 24.3 Å². The third-order valence-corrected chi connectivity index (χ3v) is 3.33. The number of fused-ring (bicyclic) bond motifs is 3. The van der Waals surface area contributed by atoms with Crippen molar-refractivity contribution in [3.05, 3.63) is 29.8 Å². The number of hydrogen-bond acceptors (Lipinski definition) is 4. The Hall–Kier alpha value is -2.23. The standard InChI is InChI=1S/C15H15NO3/c1-9(17)12-13-15(19-8-7-16-13)11-6-4-3-5-10(11)14(12)18-2/h3-6,16H,7-8H2,1-2H3. The predicted octanol–water partition coefficient (Wildman–Crippen LogP) is 2.86. The highest BCUT2D eigenvalue weighted by atomic mass is 16.5. The number of nitrogens with one attached hydrogen (secondary N) is 1. The molecule has 2 aromatic carbocycles. The Balaban J connectivity index is 2.47. The Morgan fingerprint density at radius 2 is 2.05 bits per heavy atom. The van der Waals surface area contributed by atoms with Crippen molar-refractivity contribution in [3.8, 4) is 11.5 Å². The summed E-state index contributed by atoms with van der Waals surface area (Å²) >= 11 is 0. The van der Waals surface area contributed by atoms with Crippen LogP contribution in [0.1, 0.15) is 17.3 Å². The molecule has 1 aliphatic heterocycles. The lowest BCUT2D eigenvalue weighted by Crippen LogP contribution is -2.21. The van der Waals surface area contributed by atoms with Gasteiger partial charge < -0.3 is 14.8 Å². The fourth-order valence-electron chi connectivity index (χ4n) is 2.57. The van der Waals surface area contributed by atoms with E-state index < -0.39 is 0 Å². The van der Waals surface area contributed by atoms with Gasteiger partial charge >= 0.3 is 0 Å². The third kappa shape index (κ3) is 1.71. The van der Waals surface area contributed by atoms with Gasteiger partial charge in [-0.25, -0.2) is 0 Å². The number of hydrogen-bond donors (Lipinski definition) is 1. The summed E-state index contributed by atoms with van der Waals surface area (Å²) in [5, 5.41) is 5.12. The average Bonchev–Trinajstić information content (AvgIpc) is 2.45. The van der Waals surface area contributed by atoms with Gasteiger partial charge in [0, 0.05) is 17.3 Å². The lowest BCUT2D eigenvalue weighted by Gasteiger charge is -2.25. The van der Waals surface area contributed by atoms with Gasteiger partial charge in [-0.05, 0) is 6.92 Å². The second-order valence-corrected chi connectivity index (χ2v) is 4.49. The van der Waals surface area contributed by atoms with E-state index in [0.29, 0.717) is 24.5 Å². The summed E-state index contributed by atoms with van der Waals surface area (Å²) in [7, 11) is 1.59. The number of ketones is 1. The lowest BCUT2D eigenvalue weighted by atomic mass is 9.98. The molecule has 4 heteroatoms. The fraction of sp³-hybridized carbons (Fsp3) is 0.267. The van der Waals surface area contributed by atoms with Gasteiger partial charge in [0.2, 0.25) is 0 Å². The average molecular weight is 257 g/mol. The summed E-state index contributed by atoms with van der Waals surface area (Å²) in [6.07, 6.45) is 0. The van der Waals surface area contributed by atoms with Gasteiger partial charge in [0.1, 0.15) is 12.4 Å². The molecule has 0 bridgehead atoms. The van der Waals surface area contributed by atoms with Crippen LogP contribution in [0, 0.1) is 0 Å². The quantitative estimate of drug-likeness (QED) is 0.840. The van der Waals surface area contributed by atoms with E-state index in [9.17, 15) is 4.79 Å². The van der Waals surface area contributed by atoms with E-state index in [1.807, 2.05) is 24.3 Å². The summed E-state index contributed by atoms with van der Waals surface area (Å²) in [6, 6.07) is 7.80. The van der Waals surface area contributed by atoms with E-state index in [-0.39, 0.29) is 5.78 Å². The van der Waals surface area contributed by atoms with E-state index in [1.165, 1.54) is 0 Å². The molecular formula is C15H15NO3. The SMILES string of the molecule is COc1c(C(C)=O)c2c(c3ccccc13)OCCN2. The zero-order chi connectivity index (χ0) is 13.4. The van der Waals surface area contributed by atoms with Crippen LogP contribution in [0.15, 0.2) is 24.3 Å². The highest BCUT2D eigenvalue weighted by Crippen LogP contribution is 2.45. The van der Waals surface area contributed by atoms with Gasteiger partial charge in [0.05, 0.1) is 18.4 Å². The van der Waals surface area contributed by atoms with Gasteiger partial charge in [-0.2, -0.15) is 0 Å². The van der Waals surface area contributed by atoms with Gasteiger partial charge in [0.15, 0.2) is 11.5 Å². The van der Waals surface area contributed by atoms with Crippen LogP contribution in [-0.4, -0.2) is 26.0 Å². The molecule has 1 heterocycles. The number of carbonyl (C=O) groups excluding carboxylic acids is 1. The molecule has 1 aliphatic rings. The van der Waals surface area contributed by atoms with Gasteiger partial charge in [-0.15, -0.1) is 0 Å². The highest BCUT2D eigenvalue weighted by molar-refractivity contribution is 6.12. The van der Waals surface area contributed by atoms with E-state index in [4.69, 9.17) is 9.47 Å². The van der Waals surface area contributed by atoms with Crippen LogP contribution in [0.2, 0.25) is 0 Å². The molecule has 1 N–H and O–H groups in total. The molecular weight excluding hydrogens is 242 g/mol. The number of rotatable bonds is 2. The first-order valence-corrected chi connectivity index (χ1v) is 6.24. The molecule has 0 fully saturated rings. The summed E-state index contributed by atoms with van der Waals surface area (Å²) < 4.78 is 11.2. The first kappa shape index (κ1) is 11.8. The Kier molecular flexibility index (Phi) is 2.78. The minimum absolute atomic E-state index is 0.0307. The summed E-state index contributed by atoms with van der Waals surface area (Å²) in [6.45, 7) is 2.83. The minimum atomic E-state index is -0.0307. The molecule has 3 rings (SSSR count). The number of anilines is 1. The van der Waals surface area contributed by atoms with Gasteiger partial charge in [0.25, 0.3) is 0 Å². The van der Waals surface area contributed by atoms with Crippen molar-refractivity contribution in [2.45, 2.75) is 6.92 Å². The summed E-state index contributed by atoms with van der Waals surface area (Å²) in [5.74, 6) is 1.32. The molecule has 0 amide bonds. The van der Waals surface area contributed by atoms with Crippen LogP contribution in [0.5, 0.6) is 11.5 Å². The Morgan fingerprint density at radius 3 is 2.74 bits per heavy atom. The van der Waals surface area contributed by atoms with Crippen LogP contribution >= 0.6 is 0 Å². The first-order chi connectivity index (χ1) is 9.24. The van der Waals surface area contributed by atoms with Crippen LogP contribution in [0.4, 0.5) is 5.69 Å². The van der Waals surface area contributed by atoms with Crippen molar-refractivity contribution in [2.75, 3.05) is 25.6 Å². The maximum atomic E-state index is 12.0. The zero-order valence-electron chi connectivity index (χ0n) is 10.9. The van der Waals surface area contributed by atoms with Crippen molar-refractivity contribution in [3.63, 3.8) is 0 Å². The Morgan fingerprint density at radius 1 is 1.32 bits per heavy atom. The van der Waals surface area contributed by atoms with Crippen molar-refractivity contribution in [1.29, 1.82) is 0 Å². The van der Waals surface area contributed by atoms with E-state index in [1.54, 1.807) is 14.0 Å². The molecule has 0 unspecified atom stereocenters. The van der Waals surface area contributed by atoms with E-state index in [0.717, 1.165) is 22.2 Å². The molecule has 4 nitrogen and oxygen atoms in total. The monoisotopic (exact) mass is 257 g/mol. The zero-order valence-corrected chi connectivity index (χ0v) is 10.9. The Labute approximate surface area is 111 Å². The maximum Gasteiger partial charge on any atom is 0.165 e. The van der Waals surface area contributed by atoms with E-state index in [2.05, 4.69) is 5.32 Å². The molecule has 0 spiro atoms. The van der Waals surface area contributed by atoms with Crippen LogP contribution in [0.25, 0.3) is 10.8 Å². The topological polar surface area (TPSA) is 47.6 Å². The molecule has 0 radical (unpaired) electrons. The van der Waals surface area contributed by atoms with Crippen molar-refractivity contribution < 1.29 is 14.3 Å². The minimum Gasteiger partial charge on any atom is -0.495 e. The summed E-state index contributed by atoms with van der Waals surface area (Å²) in [5.41, 5.74) is 1.31. The van der Waals surface area contributed by atoms with Crippen LogP contribution in [0.3, 0.4) is 0 Å². The second-order valence-electron chi connectivity index (χ2n) is 4.49. The van der Waals surface area contributed by atoms with E-state index >= 15 is 0 Å². The molecule has 98 valence electrons. The fourth-order valence-corrected chi connectivity index (χ4v) is 2.57. The molecule has 0 aromatic heterocycles. The summed E-state index contributed by atoms with van der Waals surface area (Å²) in [4.78, 5) is 12.0. The van der Waals surface area contributed by atoms with Crippen molar-refractivity contribution in [2.24, 2.45) is 0 Å². The highest BCUT2D eigenvalue weighted by Gasteiger charge is 2.25. The third-order valence-electron chi connectivity index (χ3n) is 3.33. The predicted molar refractivity (Wildman–Crippen MR) is 74.5 cm³/mol. The number of Topliss-reactive ketones (excluding diaryl/α,β-unsaturated/α-hetero) is 1. The van der Waals surface area contributed by atoms with Crippen LogP contribution < -0.4 is 14.8 Å². The lowest BCUT2D eigenvalue weighted by molar-refractivity contribution is 0.101. The Bertz CT molecular complexity index is 664. The smallest absolute Gasteiger partial charge is 0.165 e. The van der Waals surface area contributed by atoms with Crippen molar-refractivity contribution >= 4 is 22.2 Å². The van der Waals surface area contributed by atoms with Crippen molar-refractivity contribution in [1.82, 2.24) is 0 Å². The maximum absolute atomic E-state index is 12.0. The number of benzene rings is 2. The first-order valence-electron chi connectivity index (χ1n) is 6.24. The largest absolute Gasteiger partial charge is 0.495 e. The molecule has 19 heavy (non-hydrogen) atoms. The van der Waals surface area contributed by atoms with Crippen LogP contribution in [-0.2, 0) is 0 Å². The molecule has 0 saturated carbocycles. The number of methoxy groups -OCH3 is 1. The number of carbonyl (C=O) groups is 1. The molecule has 0 saturated heterocycles. The molecule has 0 atom stereocenters. The molecule has 0 aliphatic carbocycles. The normalized spacial score (nSPS) is 13.4. The number of ether oxygens (including phenoxy) is 2. The molecule has 2 aromatic rings.